The maximum absolute atomic E-state index is 12.3. The number of carbonyl (C=O) groups is 1. The van der Waals surface area contributed by atoms with Gasteiger partial charge in [0.2, 0.25) is 11.7 Å². The third kappa shape index (κ3) is 4.20. The Labute approximate surface area is 153 Å². The molecule has 2 aromatic carbocycles. The number of aryl methyl sites for hydroxylation is 1. The number of rotatable bonds is 6. The third-order valence-electron chi connectivity index (χ3n) is 3.99. The van der Waals surface area contributed by atoms with Gasteiger partial charge < -0.3 is 24.3 Å². The second-order valence-corrected chi connectivity index (χ2v) is 6.53. The first-order chi connectivity index (χ1) is 12.4. The molecule has 0 saturated heterocycles. The fourth-order valence-corrected chi connectivity index (χ4v) is 2.79. The van der Waals surface area contributed by atoms with E-state index < -0.39 is 5.79 Å². The topological polar surface area (TPSA) is 66.0 Å². The van der Waals surface area contributed by atoms with E-state index in [9.17, 15) is 4.79 Å². The van der Waals surface area contributed by atoms with Crippen LogP contribution in [0.15, 0.2) is 36.4 Å². The normalized spacial score (nSPS) is 14.0. The SMILES string of the molecule is COc1cc(CCC(=O)Nc2ccc3c(c2)OC(C)(C)O3)cc(OC)c1. The predicted octanol–water partition coefficient (Wildman–Crippen LogP) is 3.78. The molecule has 0 fully saturated rings. The zero-order chi connectivity index (χ0) is 18.7. The van der Waals surface area contributed by atoms with Gasteiger partial charge in [-0.15, -0.1) is 0 Å². The number of nitrogens with one attached hydrogen (secondary N) is 1. The van der Waals surface area contributed by atoms with Gasteiger partial charge >= 0.3 is 0 Å². The van der Waals surface area contributed by atoms with Crippen molar-refractivity contribution in [2.45, 2.75) is 32.5 Å². The average molecular weight is 357 g/mol. The molecule has 138 valence electrons. The van der Waals surface area contributed by atoms with E-state index in [0.717, 1.165) is 5.56 Å². The Kier molecular flexibility index (Phi) is 4.93. The number of hydrogen-bond acceptors (Lipinski definition) is 5. The van der Waals surface area contributed by atoms with Gasteiger partial charge in [0.05, 0.1) is 14.2 Å². The first-order valence-corrected chi connectivity index (χ1v) is 8.42. The van der Waals surface area contributed by atoms with Gasteiger partial charge in [0.25, 0.3) is 0 Å². The minimum Gasteiger partial charge on any atom is -0.497 e. The van der Waals surface area contributed by atoms with Gasteiger partial charge in [0.1, 0.15) is 11.5 Å². The lowest BCUT2D eigenvalue weighted by atomic mass is 10.1. The van der Waals surface area contributed by atoms with Gasteiger partial charge in [0, 0.05) is 38.1 Å². The molecule has 0 aliphatic carbocycles. The van der Waals surface area contributed by atoms with Gasteiger partial charge in [0.15, 0.2) is 11.5 Å². The van der Waals surface area contributed by atoms with Crippen LogP contribution in [0, 0.1) is 0 Å². The molecule has 1 amide bonds. The highest BCUT2D eigenvalue weighted by atomic mass is 16.7. The minimum atomic E-state index is -0.684. The molecule has 2 aromatic rings. The first kappa shape index (κ1) is 17.9. The number of methoxy groups -OCH3 is 2. The van der Waals surface area contributed by atoms with Crippen LogP contribution in [0.3, 0.4) is 0 Å². The lowest BCUT2D eigenvalue weighted by Crippen LogP contribution is -2.29. The molecular weight excluding hydrogens is 334 g/mol. The Morgan fingerprint density at radius 2 is 1.65 bits per heavy atom. The molecule has 0 radical (unpaired) electrons. The largest absolute Gasteiger partial charge is 0.497 e. The lowest BCUT2D eigenvalue weighted by molar-refractivity contribution is -0.116. The summed E-state index contributed by atoms with van der Waals surface area (Å²) in [7, 11) is 3.21. The number of anilines is 1. The molecule has 0 unspecified atom stereocenters. The summed E-state index contributed by atoms with van der Waals surface area (Å²) in [4.78, 5) is 12.3. The molecule has 1 heterocycles. The van der Waals surface area contributed by atoms with E-state index >= 15 is 0 Å². The van der Waals surface area contributed by atoms with Gasteiger partial charge in [-0.05, 0) is 36.2 Å². The zero-order valence-electron chi connectivity index (χ0n) is 15.4. The van der Waals surface area contributed by atoms with E-state index in [-0.39, 0.29) is 5.91 Å². The Morgan fingerprint density at radius 3 is 2.31 bits per heavy atom. The zero-order valence-corrected chi connectivity index (χ0v) is 15.4. The van der Waals surface area contributed by atoms with Crippen molar-refractivity contribution in [1.29, 1.82) is 0 Å². The summed E-state index contributed by atoms with van der Waals surface area (Å²) in [5.41, 5.74) is 1.65. The van der Waals surface area contributed by atoms with Crippen LogP contribution in [0.1, 0.15) is 25.8 Å². The second kappa shape index (κ2) is 7.15. The molecule has 26 heavy (non-hydrogen) atoms. The van der Waals surface area contributed by atoms with E-state index in [1.54, 1.807) is 38.5 Å². The first-order valence-electron chi connectivity index (χ1n) is 8.42. The molecular formula is C20H23NO5. The molecule has 0 bridgehead atoms. The number of amides is 1. The summed E-state index contributed by atoms with van der Waals surface area (Å²) in [5, 5.41) is 2.89. The maximum atomic E-state index is 12.3. The van der Waals surface area contributed by atoms with Crippen molar-refractivity contribution in [2.24, 2.45) is 0 Å². The standard InChI is InChI=1S/C20H23NO5/c1-20(2)25-17-7-6-14(11-18(17)26-20)21-19(22)8-5-13-9-15(23-3)12-16(10-13)24-4/h6-7,9-12H,5,8H2,1-4H3,(H,21,22). The average Bonchev–Trinajstić information content (AvgIpc) is 2.92. The van der Waals surface area contributed by atoms with E-state index in [4.69, 9.17) is 18.9 Å². The molecule has 0 aromatic heterocycles. The van der Waals surface area contributed by atoms with E-state index in [1.165, 1.54) is 0 Å². The van der Waals surface area contributed by atoms with Crippen molar-refractivity contribution in [2.75, 3.05) is 19.5 Å². The van der Waals surface area contributed by atoms with Crippen molar-refractivity contribution < 1.29 is 23.7 Å². The molecule has 1 N–H and O–H groups in total. The van der Waals surface area contributed by atoms with Gasteiger partial charge in [-0.2, -0.15) is 0 Å². The van der Waals surface area contributed by atoms with E-state index in [1.807, 2.05) is 26.0 Å². The lowest BCUT2D eigenvalue weighted by Gasteiger charge is -2.16. The number of benzene rings is 2. The molecule has 0 spiro atoms. The van der Waals surface area contributed by atoms with Crippen LogP contribution in [-0.4, -0.2) is 25.9 Å². The van der Waals surface area contributed by atoms with Crippen LogP contribution in [0.2, 0.25) is 0 Å². The van der Waals surface area contributed by atoms with Gasteiger partial charge in [-0.1, -0.05) is 0 Å². The van der Waals surface area contributed by atoms with Crippen LogP contribution in [-0.2, 0) is 11.2 Å². The van der Waals surface area contributed by atoms with Crippen LogP contribution >= 0.6 is 0 Å². The fourth-order valence-electron chi connectivity index (χ4n) is 2.79. The summed E-state index contributed by atoms with van der Waals surface area (Å²) < 4.78 is 21.8. The molecule has 0 saturated carbocycles. The Morgan fingerprint density at radius 1 is 1.00 bits per heavy atom. The highest BCUT2D eigenvalue weighted by molar-refractivity contribution is 5.91. The number of ether oxygens (including phenoxy) is 4. The number of fused-ring (bicyclic) bond motifs is 1. The number of hydrogen-bond donors (Lipinski definition) is 1. The Hall–Kier alpha value is -2.89. The highest BCUT2D eigenvalue weighted by Crippen LogP contribution is 2.40. The van der Waals surface area contributed by atoms with Crippen LogP contribution in [0.4, 0.5) is 5.69 Å². The number of carbonyl (C=O) groups excluding carboxylic acids is 1. The van der Waals surface area contributed by atoms with Crippen LogP contribution in [0.25, 0.3) is 0 Å². The fraction of sp³-hybridized carbons (Fsp3) is 0.350. The Bertz CT molecular complexity index is 794. The minimum absolute atomic E-state index is 0.0788. The van der Waals surface area contributed by atoms with Crippen LogP contribution < -0.4 is 24.3 Å². The van der Waals surface area contributed by atoms with E-state index in [0.29, 0.717) is 41.5 Å². The molecule has 0 atom stereocenters. The Balaban J connectivity index is 1.60. The molecule has 6 nitrogen and oxygen atoms in total. The summed E-state index contributed by atoms with van der Waals surface area (Å²) in [5.74, 6) is 1.96. The summed E-state index contributed by atoms with van der Waals surface area (Å²) in [6.45, 7) is 3.68. The van der Waals surface area contributed by atoms with Crippen molar-refractivity contribution in [3.8, 4) is 23.0 Å². The quantitative estimate of drug-likeness (QED) is 0.852. The smallest absolute Gasteiger partial charge is 0.246 e. The third-order valence-corrected chi connectivity index (χ3v) is 3.99. The van der Waals surface area contributed by atoms with Crippen LogP contribution in [0.5, 0.6) is 23.0 Å². The highest BCUT2D eigenvalue weighted by Gasteiger charge is 2.31. The van der Waals surface area contributed by atoms with Gasteiger partial charge in [-0.3, -0.25) is 4.79 Å². The summed E-state index contributed by atoms with van der Waals surface area (Å²) in [6, 6.07) is 11.0. The summed E-state index contributed by atoms with van der Waals surface area (Å²) in [6.07, 6.45) is 0.924. The van der Waals surface area contributed by atoms with Crippen molar-refractivity contribution in [3.05, 3.63) is 42.0 Å². The maximum Gasteiger partial charge on any atom is 0.246 e. The van der Waals surface area contributed by atoms with Crippen molar-refractivity contribution in [3.63, 3.8) is 0 Å². The molecule has 3 rings (SSSR count). The second-order valence-electron chi connectivity index (χ2n) is 6.53. The molecule has 1 aliphatic heterocycles. The van der Waals surface area contributed by atoms with E-state index in [2.05, 4.69) is 5.32 Å². The summed E-state index contributed by atoms with van der Waals surface area (Å²) >= 11 is 0. The monoisotopic (exact) mass is 357 g/mol. The van der Waals surface area contributed by atoms with Crippen molar-refractivity contribution in [1.82, 2.24) is 0 Å². The predicted molar refractivity (Wildman–Crippen MR) is 98.3 cm³/mol. The molecule has 1 aliphatic rings. The molecule has 6 heteroatoms. The van der Waals surface area contributed by atoms with Crippen molar-refractivity contribution >= 4 is 11.6 Å². The van der Waals surface area contributed by atoms with Gasteiger partial charge in [-0.25, -0.2) is 0 Å².